The lowest BCUT2D eigenvalue weighted by Crippen LogP contribution is -2.35. The van der Waals surface area contributed by atoms with Crippen molar-refractivity contribution in [2.45, 2.75) is 25.4 Å². The Morgan fingerprint density at radius 2 is 2.25 bits per heavy atom. The minimum atomic E-state index is -0.601. The lowest BCUT2D eigenvalue weighted by Gasteiger charge is -2.21. The Kier molecular flexibility index (Phi) is 6.84. The fourth-order valence-electron chi connectivity index (χ4n) is 1.77. The van der Waals surface area contributed by atoms with E-state index in [9.17, 15) is 9.90 Å². The Labute approximate surface area is 101 Å². The molecule has 1 heterocycles. The first-order chi connectivity index (χ1) is 7.72. The van der Waals surface area contributed by atoms with Gasteiger partial charge in [0.25, 0.3) is 0 Å². The monoisotopic (exact) mass is 247 g/mol. The summed E-state index contributed by atoms with van der Waals surface area (Å²) in [7, 11) is 1.53. The van der Waals surface area contributed by atoms with E-state index in [1.807, 2.05) is 11.8 Å². The average molecular weight is 247 g/mol. The van der Waals surface area contributed by atoms with Gasteiger partial charge in [-0.2, -0.15) is 11.8 Å². The number of methoxy groups -OCH3 is 1. The van der Waals surface area contributed by atoms with E-state index in [1.54, 1.807) is 0 Å². The van der Waals surface area contributed by atoms with Gasteiger partial charge in [-0.3, -0.25) is 4.79 Å². The number of hydrogen-bond donors (Lipinski definition) is 2. The molecule has 1 aliphatic heterocycles. The highest BCUT2D eigenvalue weighted by Gasteiger charge is 2.17. The predicted octanol–water partition coefficient (Wildman–Crippen LogP) is 0.643. The van der Waals surface area contributed by atoms with E-state index in [0.717, 1.165) is 12.8 Å². The van der Waals surface area contributed by atoms with Crippen molar-refractivity contribution in [1.29, 1.82) is 0 Å². The second-order valence-electron chi connectivity index (χ2n) is 4.17. The third kappa shape index (κ3) is 5.72. The molecule has 0 bridgehead atoms. The fraction of sp³-hybridized carbons (Fsp3) is 0.909. The molecule has 2 N–H and O–H groups in total. The number of aliphatic hydroxyl groups excluding tert-OH is 1. The van der Waals surface area contributed by atoms with Crippen LogP contribution in [0, 0.1) is 5.92 Å². The molecule has 1 fully saturated rings. The van der Waals surface area contributed by atoms with Crippen molar-refractivity contribution in [2.24, 2.45) is 5.92 Å². The average Bonchev–Trinajstić information content (AvgIpc) is 2.28. The highest BCUT2D eigenvalue weighted by atomic mass is 32.2. The highest BCUT2D eigenvalue weighted by Crippen LogP contribution is 2.24. The van der Waals surface area contributed by atoms with Gasteiger partial charge in [0.05, 0.1) is 12.7 Å². The van der Waals surface area contributed by atoms with Crippen LogP contribution in [0.5, 0.6) is 0 Å². The van der Waals surface area contributed by atoms with Crippen LogP contribution in [0.25, 0.3) is 0 Å². The number of nitrogens with one attached hydrogen (secondary N) is 1. The summed E-state index contributed by atoms with van der Waals surface area (Å²) in [5.74, 6) is 2.92. The van der Waals surface area contributed by atoms with Crippen LogP contribution in [0.1, 0.15) is 19.3 Å². The van der Waals surface area contributed by atoms with Crippen LogP contribution >= 0.6 is 11.8 Å². The lowest BCUT2D eigenvalue weighted by atomic mass is 9.98. The topological polar surface area (TPSA) is 58.6 Å². The number of ether oxygens (including phenoxy) is 1. The zero-order valence-corrected chi connectivity index (χ0v) is 10.6. The molecular formula is C11H21NO3S. The first-order valence-corrected chi connectivity index (χ1v) is 6.89. The van der Waals surface area contributed by atoms with Crippen molar-refractivity contribution in [3.8, 4) is 0 Å². The third-order valence-electron chi connectivity index (χ3n) is 2.71. The smallest absolute Gasteiger partial charge is 0.220 e. The number of amides is 1. The van der Waals surface area contributed by atoms with Gasteiger partial charge in [0.2, 0.25) is 5.91 Å². The van der Waals surface area contributed by atoms with E-state index < -0.39 is 6.10 Å². The zero-order valence-electron chi connectivity index (χ0n) is 9.78. The van der Waals surface area contributed by atoms with Crippen LogP contribution in [0.15, 0.2) is 0 Å². The molecule has 0 aromatic carbocycles. The third-order valence-corrected chi connectivity index (χ3v) is 3.76. The SMILES string of the molecule is COCC(O)CNC(=O)CC1CCSCC1. The maximum absolute atomic E-state index is 11.6. The van der Waals surface area contributed by atoms with Crippen LogP contribution < -0.4 is 5.32 Å². The Bertz CT molecular complexity index is 207. The lowest BCUT2D eigenvalue weighted by molar-refractivity contribution is -0.122. The second-order valence-corrected chi connectivity index (χ2v) is 5.40. The molecule has 0 radical (unpaired) electrons. The molecule has 0 aromatic rings. The molecule has 1 atom stereocenters. The number of carbonyl (C=O) groups is 1. The summed E-state index contributed by atoms with van der Waals surface area (Å²) in [5.41, 5.74) is 0. The molecule has 1 amide bonds. The van der Waals surface area contributed by atoms with Crippen molar-refractivity contribution in [2.75, 3.05) is 31.8 Å². The van der Waals surface area contributed by atoms with Gasteiger partial charge in [0.15, 0.2) is 0 Å². The minimum Gasteiger partial charge on any atom is -0.389 e. The molecule has 1 saturated heterocycles. The van der Waals surface area contributed by atoms with Crippen LogP contribution in [0.3, 0.4) is 0 Å². The van der Waals surface area contributed by atoms with Crippen LogP contribution in [0.2, 0.25) is 0 Å². The predicted molar refractivity (Wildman–Crippen MR) is 65.6 cm³/mol. The van der Waals surface area contributed by atoms with Gasteiger partial charge in [0, 0.05) is 20.1 Å². The van der Waals surface area contributed by atoms with Crippen LogP contribution in [-0.2, 0) is 9.53 Å². The Morgan fingerprint density at radius 3 is 2.88 bits per heavy atom. The summed E-state index contributed by atoms with van der Waals surface area (Å²) < 4.78 is 4.78. The zero-order chi connectivity index (χ0) is 11.8. The molecule has 16 heavy (non-hydrogen) atoms. The van der Waals surface area contributed by atoms with E-state index in [-0.39, 0.29) is 19.1 Å². The van der Waals surface area contributed by atoms with Crippen molar-refractivity contribution < 1.29 is 14.6 Å². The van der Waals surface area contributed by atoms with Crippen molar-refractivity contribution in [3.63, 3.8) is 0 Å². The van der Waals surface area contributed by atoms with Crippen molar-refractivity contribution >= 4 is 17.7 Å². The number of rotatable bonds is 6. The summed E-state index contributed by atoms with van der Waals surface area (Å²) in [6.45, 7) is 0.550. The van der Waals surface area contributed by atoms with E-state index in [0.29, 0.717) is 12.3 Å². The van der Waals surface area contributed by atoms with Gasteiger partial charge in [0.1, 0.15) is 0 Å². The Balaban J connectivity index is 2.10. The number of aliphatic hydroxyl groups is 1. The van der Waals surface area contributed by atoms with Gasteiger partial charge in [-0.05, 0) is 30.3 Å². The van der Waals surface area contributed by atoms with E-state index in [2.05, 4.69) is 5.32 Å². The molecule has 1 rings (SSSR count). The first-order valence-electron chi connectivity index (χ1n) is 5.73. The van der Waals surface area contributed by atoms with Gasteiger partial charge in [-0.1, -0.05) is 0 Å². The van der Waals surface area contributed by atoms with Gasteiger partial charge in [-0.25, -0.2) is 0 Å². The molecule has 0 spiro atoms. The number of hydrogen-bond acceptors (Lipinski definition) is 4. The molecule has 0 aliphatic carbocycles. The maximum Gasteiger partial charge on any atom is 0.220 e. The molecular weight excluding hydrogens is 226 g/mol. The minimum absolute atomic E-state index is 0.0482. The summed E-state index contributed by atoms with van der Waals surface area (Å²) in [4.78, 5) is 11.6. The quantitative estimate of drug-likeness (QED) is 0.723. The molecule has 94 valence electrons. The molecule has 1 unspecified atom stereocenters. The van der Waals surface area contributed by atoms with Gasteiger partial charge in [-0.15, -0.1) is 0 Å². The van der Waals surface area contributed by atoms with E-state index in [4.69, 9.17) is 4.74 Å². The van der Waals surface area contributed by atoms with Gasteiger partial charge < -0.3 is 15.2 Å². The first kappa shape index (κ1) is 13.8. The summed E-state index contributed by atoms with van der Waals surface area (Å²) >= 11 is 1.96. The maximum atomic E-state index is 11.6. The van der Waals surface area contributed by atoms with Crippen molar-refractivity contribution in [1.82, 2.24) is 5.32 Å². The molecule has 0 saturated carbocycles. The summed E-state index contributed by atoms with van der Waals surface area (Å²) in [5, 5.41) is 12.1. The number of carbonyl (C=O) groups excluding carboxylic acids is 1. The second kappa shape index (κ2) is 7.92. The normalized spacial score (nSPS) is 19.4. The summed E-state index contributed by atoms with van der Waals surface area (Å²) in [6.07, 6.45) is 2.27. The van der Waals surface area contributed by atoms with Crippen LogP contribution in [0.4, 0.5) is 0 Å². The van der Waals surface area contributed by atoms with E-state index in [1.165, 1.54) is 18.6 Å². The number of thioether (sulfide) groups is 1. The van der Waals surface area contributed by atoms with E-state index >= 15 is 0 Å². The van der Waals surface area contributed by atoms with Crippen LogP contribution in [-0.4, -0.2) is 48.9 Å². The largest absolute Gasteiger partial charge is 0.389 e. The molecule has 1 aliphatic rings. The Morgan fingerprint density at radius 1 is 1.56 bits per heavy atom. The molecule has 5 heteroatoms. The summed E-state index contributed by atoms with van der Waals surface area (Å²) in [6, 6.07) is 0. The Hall–Kier alpha value is -0.260. The van der Waals surface area contributed by atoms with Crippen molar-refractivity contribution in [3.05, 3.63) is 0 Å². The molecule has 0 aromatic heterocycles. The fourth-order valence-corrected chi connectivity index (χ4v) is 2.97. The highest BCUT2D eigenvalue weighted by molar-refractivity contribution is 7.99. The standard InChI is InChI=1S/C11H21NO3S/c1-15-8-10(13)7-12-11(14)6-9-2-4-16-5-3-9/h9-10,13H,2-8H2,1H3,(H,12,14). The molecule has 4 nitrogen and oxygen atoms in total. The van der Waals surface area contributed by atoms with Gasteiger partial charge >= 0.3 is 0 Å².